The van der Waals surface area contributed by atoms with E-state index in [2.05, 4.69) is 0 Å². The smallest absolute Gasteiger partial charge is 0.237 e. The fourth-order valence-corrected chi connectivity index (χ4v) is 0.587. The molecule has 0 heterocycles. The van der Waals surface area contributed by atoms with E-state index in [9.17, 15) is 14.4 Å². The minimum atomic E-state index is -0.399. The van der Waals surface area contributed by atoms with Crippen molar-refractivity contribution in [2.75, 3.05) is 19.6 Å². The van der Waals surface area contributed by atoms with Crippen molar-refractivity contribution < 1.29 is 14.4 Å². The molecule has 0 aromatic rings. The highest BCUT2D eigenvalue weighted by molar-refractivity contribution is 5.82. The molecule has 0 atom stereocenters. The lowest BCUT2D eigenvalue weighted by Crippen LogP contribution is -2.38. The van der Waals surface area contributed by atoms with Crippen LogP contribution in [0.3, 0.4) is 0 Å². The molecule has 5 heteroatoms. The molecule has 2 N–H and O–H groups in total. The van der Waals surface area contributed by atoms with E-state index >= 15 is 0 Å². The highest BCUT2D eigenvalue weighted by atomic mass is 16.2. The first-order chi connectivity index (χ1) is 5.26. The lowest BCUT2D eigenvalue weighted by molar-refractivity contribution is -0.133. The van der Waals surface area contributed by atoms with E-state index in [4.69, 9.17) is 5.73 Å². The van der Waals surface area contributed by atoms with Crippen LogP contribution in [0.15, 0.2) is 0 Å². The van der Waals surface area contributed by atoms with E-state index < -0.39 is 5.91 Å². The predicted molar refractivity (Wildman–Crippen MR) is 37.8 cm³/mol. The number of carbonyl (C=O) groups is 3. The average molecular weight is 158 g/mol. The van der Waals surface area contributed by atoms with Crippen molar-refractivity contribution >= 4 is 18.5 Å². The zero-order chi connectivity index (χ0) is 8.69. The van der Waals surface area contributed by atoms with Crippen molar-refractivity contribution in [2.24, 2.45) is 5.73 Å². The molecule has 0 aromatic carbocycles. The summed E-state index contributed by atoms with van der Waals surface area (Å²) in [5.41, 5.74) is 5.01. The van der Waals surface area contributed by atoms with Crippen LogP contribution in [0, 0.1) is 0 Å². The third-order valence-electron chi connectivity index (χ3n) is 1.12. The van der Waals surface area contributed by atoms with Crippen LogP contribution in [-0.4, -0.2) is 43.0 Å². The lowest BCUT2D eigenvalue weighted by Gasteiger charge is -2.14. The Hall–Kier alpha value is -1.23. The van der Waals surface area contributed by atoms with Crippen LogP contribution in [0.25, 0.3) is 0 Å². The summed E-state index contributed by atoms with van der Waals surface area (Å²) in [7, 11) is 0. The highest BCUT2D eigenvalue weighted by Gasteiger charge is 2.08. The molecule has 62 valence electrons. The zero-order valence-corrected chi connectivity index (χ0v) is 6.03. The quantitative estimate of drug-likeness (QED) is 0.477. The van der Waals surface area contributed by atoms with Crippen molar-refractivity contribution in [1.82, 2.24) is 4.90 Å². The second kappa shape index (κ2) is 5.55. The van der Waals surface area contributed by atoms with Crippen molar-refractivity contribution in [1.29, 1.82) is 0 Å². The molecule has 0 radical (unpaired) electrons. The van der Waals surface area contributed by atoms with Gasteiger partial charge in [0.1, 0.15) is 12.6 Å². The Labute approximate surface area is 64.1 Å². The Balaban J connectivity index is 3.95. The van der Waals surface area contributed by atoms with Gasteiger partial charge in [0.15, 0.2) is 0 Å². The third kappa shape index (κ3) is 3.47. The first-order valence-electron chi connectivity index (χ1n) is 3.11. The molecule has 1 amide bonds. The molecule has 0 bridgehead atoms. The molecule has 11 heavy (non-hydrogen) atoms. The molecular formula is C6H10N2O3. The summed E-state index contributed by atoms with van der Waals surface area (Å²) in [6, 6.07) is 0. The third-order valence-corrected chi connectivity index (χ3v) is 1.12. The largest absolute Gasteiger partial charge is 0.328 e. The number of nitrogens with zero attached hydrogens (tertiary/aromatic N) is 1. The second-order valence-corrected chi connectivity index (χ2v) is 1.84. The van der Waals surface area contributed by atoms with Gasteiger partial charge in [-0.1, -0.05) is 0 Å². The van der Waals surface area contributed by atoms with Crippen LogP contribution in [0.1, 0.15) is 0 Å². The van der Waals surface area contributed by atoms with Crippen LogP contribution < -0.4 is 5.73 Å². The second-order valence-electron chi connectivity index (χ2n) is 1.84. The van der Waals surface area contributed by atoms with E-state index in [-0.39, 0.29) is 19.6 Å². The van der Waals surface area contributed by atoms with Crippen molar-refractivity contribution in [3.05, 3.63) is 0 Å². The minimum absolute atomic E-state index is 0.0746. The van der Waals surface area contributed by atoms with Gasteiger partial charge >= 0.3 is 0 Å². The summed E-state index contributed by atoms with van der Waals surface area (Å²) in [5.74, 6) is -0.399. The Morgan fingerprint density at radius 1 is 1.27 bits per heavy atom. The Morgan fingerprint density at radius 2 is 1.73 bits per heavy atom. The van der Waals surface area contributed by atoms with Crippen molar-refractivity contribution in [3.63, 3.8) is 0 Å². The predicted octanol–water partition coefficient (Wildman–Crippen LogP) is -1.83. The molecule has 0 rings (SSSR count). The van der Waals surface area contributed by atoms with Gasteiger partial charge in [-0.15, -0.1) is 0 Å². The maximum absolute atomic E-state index is 10.8. The molecule has 0 unspecified atom stereocenters. The molecule has 0 aliphatic heterocycles. The van der Waals surface area contributed by atoms with Gasteiger partial charge < -0.3 is 20.2 Å². The van der Waals surface area contributed by atoms with Gasteiger partial charge in [0.2, 0.25) is 5.91 Å². The van der Waals surface area contributed by atoms with Crippen molar-refractivity contribution in [3.8, 4) is 0 Å². The fraction of sp³-hybridized carbons (Fsp3) is 0.500. The van der Waals surface area contributed by atoms with Gasteiger partial charge in [-0.25, -0.2) is 0 Å². The fourth-order valence-electron chi connectivity index (χ4n) is 0.587. The Bertz CT molecular complexity index is 148. The van der Waals surface area contributed by atoms with E-state index in [1.54, 1.807) is 0 Å². The van der Waals surface area contributed by atoms with Gasteiger partial charge in [-0.2, -0.15) is 0 Å². The number of hydrogen-bond acceptors (Lipinski definition) is 4. The number of aldehydes is 2. The molecule has 5 nitrogen and oxygen atoms in total. The standard InChI is InChI=1S/C6H10N2O3/c7-5-6(11)8(1-3-9)2-4-10/h3-4H,1-2,5,7H2. The zero-order valence-electron chi connectivity index (χ0n) is 6.03. The monoisotopic (exact) mass is 158 g/mol. The van der Waals surface area contributed by atoms with E-state index in [1.807, 2.05) is 0 Å². The lowest BCUT2D eigenvalue weighted by atomic mass is 10.4. The van der Waals surface area contributed by atoms with Gasteiger partial charge in [0.25, 0.3) is 0 Å². The van der Waals surface area contributed by atoms with Crippen LogP contribution in [0.5, 0.6) is 0 Å². The number of hydrogen-bond donors (Lipinski definition) is 1. The van der Waals surface area contributed by atoms with Gasteiger partial charge in [0, 0.05) is 0 Å². The minimum Gasteiger partial charge on any atom is -0.328 e. The molecule has 0 fully saturated rings. The maximum atomic E-state index is 10.8. The molecule has 0 saturated carbocycles. The number of rotatable bonds is 5. The number of carbonyl (C=O) groups excluding carboxylic acids is 3. The van der Waals surface area contributed by atoms with E-state index in [0.29, 0.717) is 12.6 Å². The average Bonchev–Trinajstić information content (AvgIpc) is 2.03. The molecule has 0 aliphatic carbocycles. The summed E-state index contributed by atoms with van der Waals surface area (Å²) in [6.45, 7) is -0.328. The molecule has 0 aromatic heterocycles. The maximum Gasteiger partial charge on any atom is 0.237 e. The SMILES string of the molecule is NCC(=O)N(CC=O)CC=O. The molecule has 0 saturated heterocycles. The van der Waals surface area contributed by atoms with Crippen LogP contribution in [0.4, 0.5) is 0 Å². The van der Waals surface area contributed by atoms with Gasteiger partial charge in [-0.05, 0) is 0 Å². The molecule has 0 aliphatic rings. The number of nitrogens with two attached hydrogens (primary N) is 1. The topological polar surface area (TPSA) is 80.5 Å². The Morgan fingerprint density at radius 3 is 2.00 bits per heavy atom. The van der Waals surface area contributed by atoms with Crippen LogP contribution in [0.2, 0.25) is 0 Å². The molecular weight excluding hydrogens is 148 g/mol. The summed E-state index contributed by atoms with van der Waals surface area (Å²) >= 11 is 0. The van der Waals surface area contributed by atoms with E-state index in [0.717, 1.165) is 4.90 Å². The number of amides is 1. The first kappa shape index (κ1) is 9.77. The Kier molecular flexibility index (Phi) is 4.93. The molecule has 0 spiro atoms. The summed E-state index contributed by atoms with van der Waals surface area (Å²) in [6.07, 6.45) is 1.11. The normalized spacial score (nSPS) is 8.82. The van der Waals surface area contributed by atoms with Crippen LogP contribution in [-0.2, 0) is 14.4 Å². The summed E-state index contributed by atoms with van der Waals surface area (Å²) in [5, 5.41) is 0. The van der Waals surface area contributed by atoms with E-state index in [1.165, 1.54) is 0 Å². The van der Waals surface area contributed by atoms with Gasteiger partial charge in [0.05, 0.1) is 19.6 Å². The summed E-state index contributed by atoms with van der Waals surface area (Å²) < 4.78 is 0. The first-order valence-corrected chi connectivity index (χ1v) is 3.11. The van der Waals surface area contributed by atoms with Gasteiger partial charge in [-0.3, -0.25) is 4.79 Å². The highest BCUT2D eigenvalue weighted by Crippen LogP contribution is 1.83. The van der Waals surface area contributed by atoms with Crippen molar-refractivity contribution in [2.45, 2.75) is 0 Å². The summed E-state index contributed by atoms with van der Waals surface area (Å²) in [4.78, 5) is 31.8. The van der Waals surface area contributed by atoms with Crippen LogP contribution >= 0.6 is 0 Å².